The van der Waals surface area contributed by atoms with Crippen molar-refractivity contribution < 1.29 is 9.59 Å². The van der Waals surface area contributed by atoms with E-state index in [9.17, 15) is 9.59 Å². The van der Waals surface area contributed by atoms with Crippen LogP contribution < -0.4 is 10.6 Å². The Morgan fingerprint density at radius 3 is 2.28 bits per heavy atom. The molecule has 8 nitrogen and oxygen atoms in total. The van der Waals surface area contributed by atoms with Gasteiger partial charge in [0.1, 0.15) is 0 Å². The number of aromatic nitrogens is 2. The van der Waals surface area contributed by atoms with E-state index in [1.807, 2.05) is 4.90 Å². The summed E-state index contributed by atoms with van der Waals surface area (Å²) in [6, 6.07) is 1.80. The first-order chi connectivity index (χ1) is 12.1. The lowest BCUT2D eigenvalue weighted by Crippen LogP contribution is -2.50. The summed E-state index contributed by atoms with van der Waals surface area (Å²) in [4.78, 5) is 38.4. The molecule has 2 N–H and O–H groups in total. The second-order valence-corrected chi connectivity index (χ2v) is 6.68. The van der Waals surface area contributed by atoms with E-state index in [0.29, 0.717) is 19.5 Å². The zero-order chi connectivity index (χ0) is 17.6. The minimum Gasteiger partial charge on any atom is -0.369 e. The second kappa shape index (κ2) is 8.24. The number of amides is 2. The molecule has 1 aromatic heterocycles. The lowest BCUT2D eigenvalue weighted by molar-refractivity contribution is -0.132. The average Bonchev–Trinajstić information content (AvgIpc) is 2.67. The van der Waals surface area contributed by atoms with Gasteiger partial charge in [0.2, 0.25) is 17.8 Å². The molecule has 2 aliphatic heterocycles. The van der Waals surface area contributed by atoms with Crippen LogP contribution in [0.4, 0.5) is 5.95 Å². The van der Waals surface area contributed by atoms with Crippen LogP contribution in [-0.4, -0.2) is 77.4 Å². The van der Waals surface area contributed by atoms with Crippen molar-refractivity contribution in [1.29, 1.82) is 0 Å². The normalized spacial score (nSPS) is 19.8. The summed E-state index contributed by atoms with van der Waals surface area (Å²) in [6.07, 6.45) is 5.62. The molecule has 136 valence electrons. The largest absolute Gasteiger partial charge is 0.369 e. The van der Waals surface area contributed by atoms with Crippen LogP contribution in [0.15, 0.2) is 18.5 Å². The summed E-state index contributed by atoms with van der Waals surface area (Å²) in [5.41, 5.74) is 5.35. The van der Waals surface area contributed by atoms with E-state index in [1.54, 1.807) is 18.5 Å². The standard InChI is InChI=1S/C17H26N6O2/c18-16(25)14-2-7-21(8-3-14)9-4-15(24)22-10-12-23(13-11-22)17-19-5-1-6-20-17/h1,5-6,14H,2-4,7-13H2,(H2,18,25). The molecule has 2 fully saturated rings. The van der Waals surface area contributed by atoms with Crippen molar-refractivity contribution in [2.45, 2.75) is 19.3 Å². The molecule has 3 heterocycles. The Hall–Kier alpha value is -2.22. The molecule has 8 heteroatoms. The van der Waals surface area contributed by atoms with E-state index < -0.39 is 0 Å². The third-order valence-electron chi connectivity index (χ3n) is 5.10. The number of carbonyl (C=O) groups excluding carboxylic acids is 2. The molecule has 1 aromatic rings. The number of nitrogens with zero attached hydrogens (tertiary/aromatic N) is 5. The van der Waals surface area contributed by atoms with E-state index >= 15 is 0 Å². The van der Waals surface area contributed by atoms with Crippen molar-refractivity contribution in [3.8, 4) is 0 Å². The van der Waals surface area contributed by atoms with Gasteiger partial charge < -0.3 is 20.4 Å². The second-order valence-electron chi connectivity index (χ2n) is 6.68. The van der Waals surface area contributed by atoms with Crippen LogP contribution in [0.3, 0.4) is 0 Å². The monoisotopic (exact) mass is 346 g/mol. The van der Waals surface area contributed by atoms with Crippen molar-refractivity contribution in [2.75, 3.05) is 50.7 Å². The van der Waals surface area contributed by atoms with Gasteiger partial charge in [0, 0.05) is 57.5 Å². The number of piperazine rings is 1. The first-order valence-electron chi connectivity index (χ1n) is 8.95. The van der Waals surface area contributed by atoms with Crippen LogP contribution in [0.2, 0.25) is 0 Å². The molecule has 0 aliphatic carbocycles. The molecule has 3 rings (SSSR count). The van der Waals surface area contributed by atoms with E-state index in [2.05, 4.69) is 19.8 Å². The third-order valence-corrected chi connectivity index (χ3v) is 5.10. The number of hydrogen-bond acceptors (Lipinski definition) is 6. The van der Waals surface area contributed by atoms with Gasteiger partial charge in [-0.3, -0.25) is 9.59 Å². The van der Waals surface area contributed by atoms with Gasteiger partial charge in [-0.15, -0.1) is 0 Å². The smallest absolute Gasteiger partial charge is 0.225 e. The van der Waals surface area contributed by atoms with Gasteiger partial charge in [-0.1, -0.05) is 0 Å². The maximum atomic E-state index is 12.4. The summed E-state index contributed by atoms with van der Waals surface area (Å²) >= 11 is 0. The van der Waals surface area contributed by atoms with Crippen molar-refractivity contribution in [2.24, 2.45) is 11.7 Å². The Morgan fingerprint density at radius 1 is 1.04 bits per heavy atom. The highest BCUT2D eigenvalue weighted by atomic mass is 16.2. The van der Waals surface area contributed by atoms with Crippen molar-refractivity contribution in [3.05, 3.63) is 18.5 Å². The highest BCUT2D eigenvalue weighted by Gasteiger charge is 2.25. The van der Waals surface area contributed by atoms with Gasteiger partial charge in [0.25, 0.3) is 0 Å². The molecule has 0 unspecified atom stereocenters. The van der Waals surface area contributed by atoms with Crippen molar-refractivity contribution in [3.63, 3.8) is 0 Å². The molecular weight excluding hydrogens is 320 g/mol. The minimum atomic E-state index is -0.198. The van der Waals surface area contributed by atoms with Crippen LogP contribution >= 0.6 is 0 Å². The van der Waals surface area contributed by atoms with E-state index in [4.69, 9.17) is 5.73 Å². The Morgan fingerprint density at radius 2 is 1.68 bits per heavy atom. The molecule has 0 spiro atoms. The third kappa shape index (κ3) is 4.66. The van der Waals surface area contributed by atoms with E-state index in [-0.39, 0.29) is 17.7 Å². The Balaban J connectivity index is 1.38. The maximum Gasteiger partial charge on any atom is 0.225 e. The molecule has 2 amide bonds. The summed E-state index contributed by atoms with van der Waals surface area (Å²) in [5, 5.41) is 0. The topological polar surface area (TPSA) is 95.7 Å². The van der Waals surface area contributed by atoms with Crippen LogP contribution in [-0.2, 0) is 9.59 Å². The quantitative estimate of drug-likeness (QED) is 0.787. The van der Waals surface area contributed by atoms with E-state index in [1.165, 1.54) is 0 Å². The molecule has 0 saturated carbocycles. The summed E-state index contributed by atoms with van der Waals surface area (Å²) in [5.74, 6) is 0.730. The fraction of sp³-hybridized carbons (Fsp3) is 0.647. The van der Waals surface area contributed by atoms with Crippen molar-refractivity contribution in [1.82, 2.24) is 19.8 Å². The van der Waals surface area contributed by atoms with Crippen molar-refractivity contribution >= 4 is 17.8 Å². The molecule has 0 atom stereocenters. The SMILES string of the molecule is NC(=O)C1CCN(CCC(=O)N2CCN(c3ncccn3)CC2)CC1. The maximum absolute atomic E-state index is 12.4. The predicted octanol–water partition coefficient (Wildman–Crippen LogP) is -0.287. The van der Waals surface area contributed by atoms with Crippen LogP contribution in [0.25, 0.3) is 0 Å². The van der Waals surface area contributed by atoms with Crippen LogP contribution in [0, 0.1) is 5.92 Å². The zero-order valence-electron chi connectivity index (χ0n) is 14.5. The molecule has 25 heavy (non-hydrogen) atoms. The van der Waals surface area contributed by atoms with Gasteiger partial charge in [0.15, 0.2) is 0 Å². The number of piperidine rings is 1. The first kappa shape index (κ1) is 17.6. The number of nitrogens with two attached hydrogens (primary N) is 1. The lowest BCUT2D eigenvalue weighted by Gasteiger charge is -2.35. The van der Waals surface area contributed by atoms with E-state index in [0.717, 1.165) is 51.5 Å². The Kier molecular flexibility index (Phi) is 5.80. The summed E-state index contributed by atoms with van der Waals surface area (Å²) < 4.78 is 0. The van der Waals surface area contributed by atoms with Crippen LogP contribution in [0.5, 0.6) is 0 Å². The lowest BCUT2D eigenvalue weighted by atomic mass is 9.96. The van der Waals surface area contributed by atoms with Gasteiger partial charge in [0.05, 0.1) is 0 Å². The Labute approximate surface area is 148 Å². The predicted molar refractivity (Wildman–Crippen MR) is 93.8 cm³/mol. The zero-order valence-corrected chi connectivity index (χ0v) is 14.5. The van der Waals surface area contributed by atoms with Gasteiger partial charge in [-0.2, -0.15) is 0 Å². The minimum absolute atomic E-state index is 0.000217. The van der Waals surface area contributed by atoms with Gasteiger partial charge in [-0.25, -0.2) is 9.97 Å². The van der Waals surface area contributed by atoms with Gasteiger partial charge in [-0.05, 0) is 32.0 Å². The van der Waals surface area contributed by atoms with Gasteiger partial charge >= 0.3 is 0 Å². The molecule has 0 radical (unpaired) electrons. The molecule has 2 saturated heterocycles. The fourth-order valence-corrected chi connectivity index (χ4v) is 3.46. The number of rotatable bonds is 5. The first-order valence-corrected chi connectivity index (χ1v) is 8.95. The number of hydrogen-bond donors (Lipinski definition) is 1. The number of anilines is 1. The number of likely N-dealkylation sites (tertiary alicyclic amines) is 1. The highest BCUT2D eigenvalue weighted by molar-refractivity contribution is 5.77. The summed E-state index contributed by atoms with van der Waals surface area (Å²) in [7, 11) is 0. The molecular formula is C17H26N6O2. The summed E-state index contributed by atoms with van der Waals surface area (Å²) in [6.45, 7) is 5.40. The Bertz CT molecular complexity index is 580. The molecule has 2 aliphatic rings. The number of carbonyl (C=O) groups is 2. The van der Waals surface area contributed by atoms with Crippen LogP contribution in [0.1, 0.15) is 19.3 Å². The average molecular weight is 346 g/mol. The molecule has 0 bridgehead atoms. The molecule has 0 aromatic carbocycles. The number of primary amides is 1. The highest BCUT2D eigenvalue weighted by Crippen LogP contribution is 2.17. The fourth-order valence-electron chi connectivity index (χ4n) is 3.46.